The maximum atomic E-state index is 12.9. The van der Waals surface area contributed by atoms with Gasteiger partial charge in [0.25, 0.3) is 0 Å². The average Bonchev–Trinajstić information content (AvgIpc) is 2.28. The molecular formula is C12H14FNO4. The van der Waals surface area contributed by atoms with Crippen LogP contribution in [0.4, 0.5) is 4.39 Å². The molecule has 18 heavy (non-hydrogen) atoms. The van der Waals surface area contributed by atoms with Crippen LogP contribution >= 0.6 is 0 Å². The minimum absolute atomic E-state index is 0.271. The summed E-state index contributed by atoms with van der Waals surface area (Å²) in [6.07, 6.45) is -1.48. The Hall–Kier alpha value is -1.95. The summed E-state index contributed by atoms with van der Waals surface area (Å²) >= 11 is 0. The van der Waals surface area contributed by atoms with E-state index >= 15 is 0 Å². The quantitative estimate of drug-likeness (QED) is 0.727. The van der Waals surface area contributed by atoms with Crippen molar-refractivity contribution < 1.29 is 24.2 Å². The predicted molar refractivity (Wildman–Crippen MR) is 61.2 cm³/mol. The van der Waals surface area contributed by atoms with Crippen LogP contribution in [0.1, 0.15) is 25.0 Å². The zero-order chi connectivity index (χ0) is 13.7. The van der Waals surface area contributed by atoms with Crippen LogP contribution < -0.4 is 5.32 Å². The van der Waals surface area contributed by atoms with E-state index in [1.54, 1.807) is 0 Å². The van der Waals surface area contributed by atoms with Gasteiger partial charge in [-0.15, -0.1) is 0 Å². The summed E-state index contributed by atoms with van der Waals surface area (Å²) in [6, 6.07) is 4.23. The molecule has 0 spiro atoms. The Morgan fingerprint density at radius 1 is 1.44 bits per heavy atom. The molecule has 0 aliphatic carbocycles. The third-order valence-electron chi connectivity index (χ3n) is 2.36. The normalized spacial score (nSPS) is 13.7. The number of carbonyl (C=O) groups excluding carboxylic acids is 1. The van der Waals surface area contributed by atoms with Crippen molar-refractivity contribution in [2.75, 3.05) is 0 Å². The fourth-order valence-corrected chi connectivity index (χ4v) is 1.37. The molecule has 3 N–H and O–H groups in total. The monoisotopic (exact) mass is 255 g/mol. The molecule has 0 fully saturated rings. The first-order chi connectivity index (χ1) is 8.40. The average molecular weight is 255 g/mol. The number of halogens is 1. The molecule has 1 amide bonds. The Labute approximate surface area is 103 Å². The molecular weight excluding hydrogens is 241 g/mol. The topological polar surface area (TPSA) is 86.6 Å². The number of nitrogens with one attached hydrogen (secondary N) is 1. The molecule has 1 aromatic carbocycles. The molecule has 0 saturated carbocycles. The SMILES string of the molecule is C[C@@H](NC(=O)CC(O)c1cccc(F)c1)C(=O)O. The first-order valence-electron chi connectivity index (χ1n) is 5.36. The number of carboxylic acids is 1. The van der Waals surface area contributed by atoms with Gasteiger partial charge in [0.05, 0.1) is 12.5 Å². The third kappa shape index (κ3) is 4.14. The Bertz CT molecular complexity index is 449. The number of carboxylic acid groups (broad SMARTS) is 1. The Morgan fingerprint density at radius 2 is 2.11 bits per heavy atom. The van der Waals surface area contributed by atoms with Crippen LogP contribution in [0.5, 0.6) is 0 Å². The smallest absolute Gasteiger partial charge is 0.325 e. The molecule has 2 atom stereocenters. The van der Waals surface area contributed by atoms with Gasteiger partial charge >= 0.3 is 5.97 Å². The number of aliphatic hydroxyl groups excluding tert-OH is 1. The minimum atomic E-state index is -1.17. The summed E-state index contributed by atoms with van der Waals surface area (Å²) in [4.78, 5) is 21.9. The highest BCUT2D eigenvalue weighted by Gasteiger charge is 2.18. The molecule has 5 nitrogen and oxygen atoms in total. The number of aliphatic carboxylic acids is 1. The molecule has 1 unspecified atom stereocenters. The Morgan fingerprint density at radius 3 is 2.67 bits per heavy atom. The first kappa shape index (κ1) is 14.1. The van der Waals surface area contributed by atoms with E-state index < -0.39 is 29.8 Å². The van der Waals surface area contributed by atoms with Crippen molar-refractivity contribution in [1.29, 1.82) is 0 Å². The zero-order valence-corrected chi connectivity index (χ0v) is 9.76. The van der Waals surface area contributed by atoms with Crippen molar-refractivity contribution >= 4 is 11.9 Å². The molecule has 0 heterocycles. The maximum absolute atomic E-state index is 12.9. The Balaban J connectivity index is 2.57. The van der Waals surface area contributed by atoms with E-state index in [0.717, 1.165) is 6.07 Å². The molecule has 1 rings (SSSR count). The fourth-order valence-electron chi connectivity index (χ4n) is 1.37. The number of hydrogen-bond acceptors (Lipinski definition) is 3. The second kappa shape index (κ2) is 6.11. The highest BCUT2D eigenvalue weighted by Crippen LogP contribution is 2.17. The van der Waals surface area contributed by atoms with E-state index in [1.807, 2.05) is 0 Å². The van der Waals surface area contributed by atoms with Gasteiger partial charge in [-0.05, 0) is 24.6 Å². The highest BCUT2D eigenvalue weighted by molar-refractivity contribution is 5.83. The van der Waals surface area contributed by atoms with Gasteiger partial charge in [-0.2, -0.15) is 0 Å². The fraction of sp³-hybridized carbons (Fsp3) is 0.333. The largest absolute Gasteiger partial charge is 0.480 e. The molecule has 6 heteroatoms. The number of carbonyl (C=O) groups is 2. The van der Waals surface area contributed by atoms with Crippen LogP contribution in [0.2, 0.25) is 0 Å². The van der Waals surface area contributed by atoms with Crippen molar-refractivity contribution in [1.82, 2.24) is 5.32 Å². The van der Waals surface area contributed by atoms with E-state index in [-0.39, 0.29) is 12.0 Å². The second-order valence-corrected chi connectivity index (χ2v) is 3.90. The van der Waals surface area contributed by atoms with Crippen molar-refractivity contribution in [2.24, 2.45) is 0 Å². The van der Waals surface area contributed by atoms with Gasteiger partial charge in [0, 0.05) is 0 Å². The lowest BCUT2D eigenvalue weighted by Crippen LogP contribution is -2.38. The van der Waals surface area contributed by atoms with E-state index in [1.165, 1.54) is 25.1 Å². The van der Waals surface area contributed by atoms with Crippen molar-refractivity contribution in [3.05, 3.63) is 35.6 Å². The van der Waals surface area contributed by atoms with Crippen molar-refractivity contribution in [2.45, 2.75) is 25.5 Å². The van der Waals surface area contributed by atoms with Crippen molar-refractivity contribution in [3.63, 3.8) is 0 Å². The number of amides is 1. The number of benzene rings is 1. The summed E-state index contributed by atoms with van der Waals surface area (Å²) in [5.41, 5.74) is 0.271. The minimum Gasteiger partial charge on any atom is -0.480 e. The number of hydrogen-bond donors (Lipinski definition) is 3. The lowest BCUT2D eigenvalue weighted by atomic mass is 10.1. The molecule has 0 radical (unpaired) electrons. The number of aliphatic hydroxyl groups is 1. The molecule has 1 aromatic rings. The maximum Gasteiger partial charge on any atom is 0.325 e. The van der Waals surface area contributed by atoms with Crippen LogP contribution in [-0.2, 0) is 9.59 Å². The summed E-state index contributed by atoms with van der Waals surface area (Å²) in [7, 11) is 0. The standard InChI is InChI=1S/C12H14FNO4/c1-7(12(17)18)14-11(16)6-10(15)8-3-2-4-9(13)5-8/h2-5,7,10,15H,6H2,1H3,(H,14,16)(H,17,18)/t7-,10?/m1/s1. The Kier molecular flexibility index (Phi) is 4.79. The molecule has 0 aromatic heterocycles. The van der Waals surface area contributed by atoms with Crippen molar-refractivity contribution in [3.8, 4) is 0 Å². The summed E-state index contributed by atoms with van der Waals surface area (Å²) in [5, 5.41) is 20.5. The van der Waals surface area contributed by atoms with E-state index in [2.05, 4.69) is 5.32 Å². The lowest BCUT2D eigenvalue weighted by molar-refractivity contribution is -0.141. The van der Waals surface area contributed by atoms with Crippen LogP contribution in [-0.4, -0.2) is 28.1 Å². The second-order valence-electron chi connectivity index (χ2n) is 3.90. The van der Waals surface area contributed by atoms with Gasteiger partial charge in [0.1, 0.15) is 11.9 Å². The predicted octanol–water partition coefficient (Wildman–Crippen LogP) is 0.839. The van der Waals surface area contributed by atoms with Gasteiger partial charge in [0.15, 0.2) is 0 Å². The van der Waals surface area contributed by atoms with E-state index in [9.17, 15) is 19.1 Å². The van der Waals surface area contributed by atoms with E-state index in [4.69, 9.17) is 5.11 Å². The van der Waals surface area contributed by atoms with Gasteiger partial charge in [-0.25, -0.2) is 4.39 Å². The molecule has 98 valence electrons. The van der Waals surface area contributed by atoms with Gasteiger partial charge in [-0.1, -0.05) is 12.1 Å². The molecule has 0 aliphatic rings. The van der Waals surface area contributed by atoms with Gasteiger partial charge in [0.2, 0.25) is 5.91 Å². The summed E-state index contributed by atoms with van der Waals surface area (Å²) in [6.45, 7) is 1.31. The van der Waals surface area contributed by atoms with Crippen LogP contribution in [0, 0.1) is 5.82 Å². The molecule has 0 bridgehead atoms. The van der Waals surface area contributed by atoms with Crippen LogP contribution in [0.15, 0.2) is 24.3 Å². The van der Waals surface area contributed by atoms with Gasteiger partial charge < -0.3 is 15.5 Å². The van der Waals surface area contributed by atoms with Crippen LogP contribution in [0.25, 0.3) is 0 Å². The number of rotatable bonds is 5. The first-order valence-corrected chi connectivity index (χ1v) is 5.36. The van der Waals surface area contributed by atoms with E-state index in [0.29, 0.717) is 0 Å². The third-order valence-corrected chi connectivity index (χ3v) is 2.36. The van der Waals surface area contributed by atoms with Crippen LogP contribution in [0.3, 0.4) is 0 Å². The van der Waals surface area contributed by atoms with Gasteiger partial charge in [-0.3, -0.25) is 9.59 Å². The molecule has 0 aliphatic heterocycles. The summed E-state index contributed by atoms with van der Waals surface area (Å²) < 4.78 is 12.9. The highest BCUT2D eigenvalue weighted by atomic mass is 19.1. The zero-order valence-electron chi connectivity index (χ0n) is 9.76. The summed E-state index contributed by atoms with van der Waals surface area (Å²) in [5.74, 6) is -2.28. The molecule has 0 saturated heterocycles. The lowest BCUT2D eigenvalue weighted by Gasteiger charge is -2.13.